The molecule has 6 nitrogen and oxygen atoms in total. The third-order valence-corrected chi connectivity index (χ3v) is 6.22. The number of carbonyl (C=O) groups excluding carboxylic acids is 2. The zero-order valence-corrected chi connectivity index (χ0v) is 16.3. The van der Waals surface area contributed by atoms with E-state index in [9.17, 15) is 9.59 Å². The fourth-order valence-electron chi connectivity index (χ4n) is 3.85. The molecule has 1 atom stereocenters. The molecule has 1 aromatic carbocycles. The highest BCUT2D eigenvalue weighted by atomic mass is 32.1. The van der Waals surface area contributed by atoms with Crippen LogP contribution in [0.5, 0.6) is 0 Å². The molecule has 0 saturated carbocycles. The summed E-state index contributed by atoms with van der Waals surface area (Å²) >= 11 is 1.60. The average Bonchev–Trinajstić information content (AvgIpc) is 3.35. The Labute approximate surface area is 163 Å². The molecule has 1 N–H and O–H groups in total. The van der Waals surface area contributed by atoms with Crippen molar-refractivity contribution < 1.29 is 9.59 Å². The van der Waals surface area contributed by atoms with Crippen LogP contribution in [0.4, 0.5) is 16.2 Å². The molecule has 2 saturated heterocycles. The van der Waals surface area contributed by atoms with Crippen LogP contribution in [0.3, 0.4) is 0 Å². The predicted octanol–water partition coefficient (Wildman–Crippen LogP) is 4.34. The van der Waals surface area contributed by atoms with Crippen molar-refractivity contribution in [1.82, 2.24) is 9.88 Å². The molecule has 27 heavy (non-hydrogen) atoms. The monoisotopic (exact) mass is 384 g/mol. The molecule has 1 unspecified atom stereocenters. The van der Waals surface area contributed by atoms with E-state index in [4.69, 9.17) is 0 Å². The molecular formula is C20H24N4O2S. The van der Waals surface area contributed by atoms with Gasteiger partial charge in [-0.2, -0.15) is 0 Å². The Morgan fingerprint density at radius 1 is 1.26 bits per heavy atom. The lowest BCUT2D eigenvalue weighted by molar-refractivity contribution is -0.117. The molecular weight excluding hydrogens is 360 g/mol. The van der Waals surface area contributed by atoms with Crippen LogP contribution in [0.15, 0.2) is 29.8 Å². The molecule has 1 aromatic heterocycles. The molecule has 2 aliphatic heterocycles. The summed E-state index contributed by atoms with van der Waals surface area (Å²) in [6, 6.07) is 5.78. The Morgan fingerprint density at radius 2 is 2.15 bits per heavy atom. The number of nitrogens with zero attached hydrogens (tertiary/aromatic N) is 3. The van der Waals surface area contributed by atoms with Gasteiger partial charge in [-0.1, -0.05) is 6.07 Å². The van der Waals surface area contributed by atoms with E-state index in [0.29, 0.717) is 6.42 Å². The second-order valence-electron chi connectivity index (χ2n) is 7.15. The van der Waals surface area contributed by atoms with Crippen LogP contribution in [0.1, 0.15) is 48.7 Å². The molecule has 0 bridgehead atoms. The van der Waals surface area contributed by atoms with Crippen LogP contribution >= 0.6 is 11.3 Å². The minimum Gasteiger partial charge on any atom is -0.315 e. The topological polar surface area (TPSA) is 65.5 Å². The summed E-state index contributed by atoms with van der Waals surface area (Å²) in [4.78, 5) is 33.2. The predicted molar refractivity (Wildman–Crippen MR) is 107 cm³/mol. The maximum absolute atomic E-state index is 13.0. The van der Waals surface area contributed by atoms with E-state index in [2.05, 4.69) is 10.3 Å². The van der Waals surface area contributed by atoms with Crippen LogP contribution in [0.25, 0.3) is 0 Å². The Bertz CT molecular complexity index is 837. The summed E-state index contributed by atoms with van der Waals surface area (Å²) in [6.07, 6.45) is 6.35. The Morgan fingerprint density at radius 3 is 2.89 bits per heavy atom. The van der Waals surface area contributed by atoms with Crippen LogP contribution in [0.2, 0.25) is 0 Å². The van der Waals surface area contributed by atoms with Gasteiger partial charge in [0.15, 0.2) is 0 Å². The van der Waals surface area contributed by atoms with Gasteiger partial charge < -0.3 is 15.1 Å². The van der Waals surface area contributed by atoms with E-state index < -0.39 is 0 Å². The molecule has 0 spiro atoms. The number of nitrogens with one attached hydrogen (secondary N) is 1. The highest BCUT2D eigenvalue weighted by molar-refractivity contribution is 7.09. The molecule has 3 heterocycles. The number of carbonyl (C=O) groups is 2. The number of anilines is 2. The molecule has 3 amide bonds. The molecule has 2 aromatic rings. The first-order valence-corrected chi connectivity index (χ1v) is 10.4. The smallest absolute Gasteiger partial charge is 0.315 e. The molecule has 0 radical (unpaired) electrons. The van der Waals surface area contributed by atoms with E-state index in [1.165, 1.54) is 0 Å². The summed E-state index contributed by atoms with van der Waals surface area (Å²) in [7, 11) is 0. The first-order valence-electron chi connectivity index (χ1n) is 9.51. The lowest BCUT2D eigenvalue weighted by Gasteiger charge is -2.34. The average molecular weight is 385 g/mol. The number of amides is 3. The van der Waals surface area contributed by atoms with Gasteiger partial charge in [-0.25, -0.2) is 9.78 Å². The number of benzene rings is 1. The summed E-state index contributed by atoms with van der Waals surface area (Å²) in [5.74, 6) is 0.149. The zero-order chi connectivity index (χ0) is 18.8. The van der Waals surface area contributed by atoms with E-state index in [-0.39, 0.29) is 18.0 Å². The number of urea groups is 1. The van der Waals surface area contributed by atoms with Gasteiger partial charge in [0.1, 0.15) is 5.01 Å². The van der Waals surface area contributed by atoms with Gasteiger partial charge in [0.2, 0.25) is 5.91 Å². The van der Waals surface area contributed by atoms with Gasteiger partial charge in [-0.05, 0) is 50.3 Å². The van der Waals surface area contributed by atoms with Crippen LogP contribution in [-0.4, -0.2) is 34.9 Å². The van der Waals surface area contributed by atoms with Crippen LogP contribution in [-0.2, 0) is 4.79 Å². The van der Waals surface area contributed by atoms with Gasteiger partial charge >= 0.3 is 6.03 Å². The second kappa shape index (κ2) is 7.68. The van der Waals surface area contributed by atoms with Crippen molar-refractivity contribution >= 4 is 34.6 Å². The highest BCUT2D eigenvalue weighted by Gasteiger charge is 2.30. The van der Waals surface area contributed by atoms with E-state index in [1.807, 2.05) is 35.4 Å². The molecule has 0 aliphatic carbocycles. The van der Waals surface area contributed by atoms with Gasteiger partial charge in [0, 0.05) is 42.5 Å². The summed E-state index contributed by atoms with van der Waals surface area (Å²) in [6.45, 7) is 3.45. The first kappa shape index (κ1) is 18.0. The van der Waals surface area contributed by atoms with Crippen molar-refractivity contribution in [3.63, 3.8) is 0 Å². The van der Waals surface area contributed by atoms with E-state index in [0.717, 1.165) is 60.7 Å². The van der Waals surface area contributed by atoms with Crippen molar-refractivity contribution in [2.75, 3.05) is 23.3 Å². The molecule has 7 heteroatoms. The fourth-order valence-corrected chi connectivity index (χ4v) is 4.64. The van der Waals surface area contributed by atoms with Crippen molar-refractivity contribution in [2.45, 2.75) is 45.1 Å². The number of hydrogen-bond acceptors (Lipinski definition) is 4. The number of aromatic nitrogens is 1. The first-order chi connectivity index (χ1) is 13.1. The standard InChI is InChI=1S/C20H24N4O2S/c1-14-7-8-15(23-11-4-6-18(23)25)13-16(14)22-20(26)24-10-3-2-5-17(24)19-21-9-12-27-19/h7-9,12-13,17H,2-6,10-11H2,1H3,(H,22,26). The maximum Gasteiger partial charge on any atom is 0.322 e. The quantitative estimate of drug-likeness (QED) is 0.856. The lowest BCUT2D eigenvalue weighted by atomic mass is 10.0. The van der Waals surface area contributed by atoms with Crippen LogP contribution in [0, 0.1) is 6.92 Å². The Hall–Kier alpha value is -2.41. The van der Waals surface area contributed by atoms with Crippen molar-refractivity contribution in [2.24, 2.45) is 0 Å². The van der Waals surface area contributed by atoms with Gasteiger partial charge in [-0.3, -0.25) is 4.79 Å². The third kappa shape index (κ3) is 3.69. The number of hydrogen-bond donors (Lipinski definition) is 1. The molecule has 4 rings (SSSR count). The number of aryl methyl sites for hydroxylation is 1. The summed E-state index contributed by atoms with van der Waals surface area (Å²) in [5.41, 5.74) is 2.61. The SMILES string of the molecule is Cc1ccc(N2CCCC2=O)cc1NC(=O)N1CCCCC1c1nccs1. The van der Waals surface area contributed by atoms with Crippen molar-refractivity contribution in [3.8, 4) is 0 Å². The number of piperidine rings is 1. The van der Waals surface area contributed by atoms with Gasteiger partial charge in [0.05, 0.1) is 6.04 Å². The molecule has 2 aliphatic rings. The third-order valence-electron chi connectivity index (χ3n) is 5.35. The van der Waals surface area contributed by atoms with Crippen LogP contribution < -0.4 is 10.2 Å². The fraction of sp³-hybridized carbons (Fsp3) is 0.450. The van der Waals surface area contributed by atoms with E-state index in [1.54, 1.807) is 22.4 Å². The number of likely N-dealkylation sites (tertiary alicyclic amines) is 1. The van der Waals surface area contributed by atoms with E-state index >= 15 is 0 Å². The molecule has 2 fully saturated rings. The van der Waals surface area contributed by atoms with Gasteiger partial charge in [0.25, 0.3) is 0 Å². The van der Waals surface area contributed by atoms with Crippen molar-refractivity contribution in [3.05, 3.63) is 40.3 Å². The highest BCUT2D eigenvalue weighted by Crippen LogP contribution is 2.33. The maximum atomic E-state index is 13.0. The Kier molecular flexibility index (Phi) is 5.11. The Balaban J connectivity index is 1.54. The largest absolute Gasteiger partial charge is 0.322 e. The lowest BCUT2D eigenvalue weighted by Crippen LogP contribution is -2.41. The van der Waals surface area contributed by atoms with Gasteiger partial charge in [-0.15, -0.1) is 11.3 Å². The zero-order valence-electron chi connectivity index (χ0n) is 15.5. The summed E-state index contributed by atoms with van der Waals surface area (Å²) < 4.78 is 0. The number of rotatable bonds is 3. The summed E-state index contributed by atoms with van der Waals surface area (Å²) in [5, 5.41) is 6.03. The minimum atomic E-state index is -0.0945. The second-order valence-corrected chi connectivity index (χ2v) is 8.08. The molecule has 142 valence electrons. The normalized spacial score (nSPS) is 20.2. The number of thiazole rings is 1. The van der Waals surface area contributed by atoms with Crippen molar-refractivity contribution in [1.29, 1.82) is 0 Å². The minimum absolute atomic E-state index is 0.0439.